The number of hydrogen-bond acceptors (Lipinski definition) is 3. The third-order valence-electron chi connectivity index (χ3n) is 14.7. The molecule has 10 rings (SSSR count). The first-order valence-corrected chi connectivity index (χ1v) is 25.7. The molecule has 71 heavy (non-hydrogen) atoms. The van der Waals surface area contributed by atoms with Crippen LogP contribution in [-0.4, -0.2) is 6.71 Å². The molecule has 0 aliphatic carbocycles. The first kappa shape index (κ1) is 47.1. The van der Waals surface area contributed by atoms with Gasteiger partial charge in [0, 0.05) is 51.2 Å². The van der Waals surface area contributed by atoms with E-state index in [-0.39, 0.29) is 6.71 Å². The standard InChI is InChI=1S/C67H66BN3/c1-44(2)50-27-33-57(34-28-50)70-63-40-54(46(5)6)31-37-61(63)68-62-38-32-55(47(7)8)41-64(62)71(58-35-29-51(30-36-58)45(3)4)66-43-60(42-65(70)67(66)68)69(49(10)20-17-19-48(9)52-21-13-11-14-22-52)59-26-18-25-56(39-59)53-23-15-12-16-24-53/h11-47H,9H2,1-8,10H3/b19-17-,49-20+. The summed E-state index contributed by atoms with van der Waals surface area (Å²) in [5.41, 5.74) is 24.0. The van der Waals surface area contributed by atoms with Gasteiger partial charge in [0.25, 0.3) is 6.71 Å². The van der Waals surface area contributed by atoms with Crippen molar-refractivity contribution in [1.82, 2.24) is 0 Å². The van der Waals surface area contributed by atoms with Crippen molar-refractivity contribution in [3.8, 4) is 11.1 Å². The van der Waals surface area contributed by atoms with Crippen molar-refractivity contribution in [2.24, 2.45) is 0 Å². The Morgan fingerprint density at radius 2 is 0.930 bits per heavy atom. The maximum atomic E-state index is 4.45. The van der Waals surface area contributed by atoms with Crippen LogP contribution >= 0.6 is 0 Å². The van der Waals surface area contributed by atoms with E-state index >= 15 is 0 Å². The van der Waals surface area contributed by atoms with Crippen LogP contribution in [-0.2, 0) is 0 Å². The average molecular weight is 924 g/mol. The van der Waals surface area contributed by atoms with E-state index in [4.69, 9.17) is 0 Å². The Kier molecular flexibility index (Phi) is 13.1. The van der Waals surface area contributed by atoms with E-state index in [1.807, 2.05) is 6.07 Å². The second kappa shape index (κ2) is 19.7. The molecule has 8 aromatic carbocycles. The van der Waals surface area contributed by atoms with Crippen molar-refractivity contribution in [2.75, 3.05) is 14.7 Å². The number of nitrogens with zero attached hydrogens (tertiary/aromatic N) is 3. The van der Waals surface area contributed by atoms with Crippen LogP contribution in [0.3, 0.4) is 0 Å². The molecule has 2 aliphatic heterocycles. The van der Waals surface area contributed by atoms with E-state index in [2.05, 4.69) is 278 Å². The average Bonchev–Trinajstić information content (AvgIpc) is 3.38. The highest BCUT2D eigenvalue weighted by Gasteiger charge is 2.44. The number of fused-ring (bicyclic) bond motifs is 4. The van der Waals surface area contributed by atoms with Crippen LogP contribution < -0.4 is 31.1 Å². The van der Waals surface area contributed by atoms with Gasteiger partial charge in [-0.3, -0.25) is 0 Å². The molecule has 352 valence electrons. The van der Waals surface area contributed by atoms with Gasteiger partial charge in [0.15, 0.2) is 0 Å². The van der Waals surface area contributed by atoms with Crippen LogP contribution in [0.15, 0.2) is 212 Å². The predicted molar refractivity (Wildman–Crippen MR) is 309 cm³/mol. The lowest BCUT2D eigenvalue weighted by atomic mass is 9.33. The fourth-order valence-corrected chi connectivity index (χ4v) is 10.6. The highest BCUT2D eigenvalue weighted by molar-refractivity contribution is 7.00. The first-order chi connectivity index (χ1) is 34.4. The van der Waals surface area contributed by atoms with Gasteiger partial charge in [0.05, 0.1) is 0 Å². The molecule has 3 nitrogen and oxygen atoms in total. The molecule has 0 unspecified atom stereocenters. The van der Waals surface area contributed by atoms with Crippen LogP contribution in [0.2, 0.25) is 0 Å². The minimum atomic E-state index is -0.00252. The van der Waals surface area contributed by atoms with Gasteiger partial charge in [-0.05, 0) is 158 Å². The zero-order valence-corrected chi connectivity index (χ0v) is 43.0. The van der Waals surface area contributed by atoms with Crippen LogP contribution in [0.1, 0.15) is 114 Å². The van der Waals surface area contributed by atoms with Gasteiger partial charge in [-0.2, -0.15) is 0 Å². The maximum Gasteiger partial charge on any atom is 0.252 e. The van der Waals surface area contributed by atoms with Gasteiger partial charge in [0.2, 0.25) is 0 Å². The second-order valence-corrected chi connectivity index (χ2v) is 20.8. The summed E-state index contributed by atoms with van der Waals surface area (Å²) >= 11 is 0. The van der Waals surface area contributed by atoms with Gasteiger partial charge >= 0.3 is 0 Å². The van der Waals surface area contributed by atoms with E-state index in [1.165, 1.54) is 67.0 Å². The van der Waals surface area contributed by atoms with E-state index in [0.29, 0.717) is 23.7 Å². The Morgan fingerprint density at radius 3 is 1.42 bits per heavy atom. The smallest absolute Gasteiger partial charge is 0.252 e. The van der Waals surface area contributed by atoms with Gasteiger partial charge in [-0.15, -0.1) is 0 Å². The highest BCUT2D eigenvalue weighted by Crippen LogP contribution is 2.48. The number of allylic oxidation sites excluding steroid dienone is 5. The summed E-state index contributed by atoms with van der Waals surface area (Å²) in [5, 5.41) is 0. The van der Waals surface area contributed by atoms with Gasteiger partial charge in [0.1, 0.15) is 0 Å². The Hall–Kier alpha value is -7.56. The summed E-state index contributed by atoms with van der Waals surface area (Å²) in [4.78, 5) is 7.59. The molecule has 0 N–H and O–H groups in total. The molecule has 0 spiro atoms. The molecular weight excluding hydrogens is 858 g/mol. The van der Waals surface area contributed by atoms with Gasteiger partial charge < -0.3 is 14.7 Å². The van der Waals surface area contributed by atoms with Gasteiger partial charge in [-0.25, -0.2) is 0 Å². The first-order valence-electron chi connectivity index (χ1n) is 25.7. The molecule has 0 aromatic heterocycles. The van der Waals surface area contributed by atoms with E-state index < -0.39 is 0 Å². The fraction of sp³-hybridized carbons (Fsp3) is 0.194. The normalized spacial score (nSPS) is 13.1. The maximum absolute atomic E-state index is 4.45. The van der Waals surface area contributed by atoms with E-state index in [9.17, 15) is 0 Å². The Bertz CT molecular complexity index is 3150. The molecule has 0 bridgehead atoms. The summed E-state index contributed by atoms with van der Waals surface area (Å²) in [5.74, 6) is 1.55. The topological polar surface area (TPSA) is 9.72 Å². The lowest BCUT2D eigenvalue weighted by molar-refractivity contribution is 0.865. The number of benzene rings is 8. The van der Waals surface area contributed by atoms with Crippen molar-refractivity contribution in [3.63, 3.8) is 0 Å². The minimum Gasteiger partial charge on any atom is -0.314 e. The molecule has 0 saturated carbocycles. The third kappa shape index (κ3) is 9.09. The number of anilines is 8. The summed E-state index contributed by atoms with van der Waals surface area (Å²) in [6, 6.07) is 68.3. The van der Waals surface area contributed by atoms with Crippen molar-refractivity contribution >= 4 is 74.2 Å². The SMILES string of the molecule is C=C(/C=C\C=C(/C)N(c1cccc(-c2ccccc2)c1)c1cc2c3c(c1)N(c1ccc(C(C)C)cc1)c1cc(C(C)C)ccc1B3c1ccc(C(C)C)cc1N2c1ccc(C(C)C)cc1)c1ccccc1. The van der Waals surface area contributed by atoms with Crippen molar-refractivity contribution in [1.29, 1.82) is 0 Å². The minimum absolute atomic E-state index is 0.00252. The van der Waals surface area contributed by atoms with Crippen molar-refractivity contribution < 1.29 is 0 Å². The van der Waals surface area contributed by atoms with Crippen LogP contribution in [0, 0.1) is 0 Å². The van der Waals surface area contributed by atoms with Gasteiger partial charge in [-0.1, -0.05) is 195 Å². The molecule has 2 heterocycles. The molecule has 2 aliphatic rings. The summed E-state index contributed by atoms with van der Waals surface area (Å²) in [6.07, 6.45) is 6.50. The van der Waals surface area contributed by atoms with Crippen LogP contribution in [0.5, 0.6) is 0 Å². The lowest BCUT2D eigenvalue weighted by Gasteiger charge is -2.45. The fourth-order valence-electron chi connectivity index (χ4n) is 10.6. The van der Waals surface area contributed by atoms with Crippen molar-refractivity contribution in [3.05, 3.63) is 240 Å². The van der Waals surface area contributed by atoms with Crippen molar-refractivity contribution in [2.45, 2.75) is 86.0 Å². The largest absolute Gasteiger partial charge is 0.314 e. The second-order valence-electron chi connectivity index (χ2n) is 20.8. The molecule has 0 atom stereocenters. The third-order valence-corrected chi connectivity index (χ3v) is 14.7. The summed E-state index contributed by atoms with van der Waals surface area (Å²) < 4.78 is 0. The Morgan fingerprint density at radius 1 is 0.465 bits per heavy atom. The molecule has 0 radical (unpaired) electrons. The molecule has 0 saturated heterocycles. The Balaban J connectivity index is 1.29. The summed E-state index contributed by atoms with van der Waals surface area (Å²) in [7, 11) is 0. The zero-order valence-electron chi connectivity index (χ0n) is 43.0. The number of hydrogen-bond donors (Lipinski definition) is 0. The van der Waals surface area contributed by atoms with Crippen LogP contribution in [0.25, 0.3) is 16.7 Å². The molecule has 8 aromatic rings. The van der Waals surface area contributed by atoms with E-state index in [1.54, 1.807) is 0 Å². The Labute approximate surface area is 424 Å². The molecule has 4 heteroatoms. The molecule has 0 fully saturated rings. The quantitative estimate of drug-likeness (QED) is 0.0843. The predicted octanol–water partition coefficient (Wildman–Crippen LogP) is 17.2. The zero-order chi connectivity index (χ0) is 49.5. The highest BCUT2D eigenvalue weighted by atomic mass is 15.2. The van der Waals surface area contributed by atoms with E-state index in [0.717, 1.165) is 45.1 Å². The monoisotopic (exact) mass is 924 g/mol. The molecular formula is C67H66BN3. The van der Waals surface area contributed by atoms with Crippen LogP contribution in [0.4, 0.5) is 45.5 Å². The number of rotatable bonds is 13. The summed E-state index contributed by atoms with van der Waals surface area (Å²) in [6.45, 7) is 25.0. The lowest BCUT2D eigenvalue weighted by Crippen LogP contribution is -2.61. The molecule has 0 amide bonds.